The second kappa shape index (κ2) is 8.26. The van der Waals surface area contributed by atoms with Crippen molar-refractivity contribution >= 4 is 17.4 Å². The van der Waals surface area contributed by atoms with Crippen molar-refractivity contribution in [2.24, 2.45) is 0 Å². The fourth-order valence-electron chi connectivity index (χ4n) is 4.24. The van der Waals surface area contributed by atoms with Gasteiger partial charge >= 0.3 is 6.18 Å². The number of alkyl halides is 3. The van der Waals surface area contributed by atoms with E-state index in [-0.39, 0.29) is 17.0 Å². The molecule has 0 radical (unpaired) electrons. The molecule has 0 fully saturated rings. The first kappa shape index (κ1) is 21.8. The molecular weight excluding hydrogens is 424 g/mol. The van der Waals surface area contributed by atoms with Crippen LogP contribution in [0.1, 0.15) is 43.2 Å². The Hall–Kier alpha value is -3.42. The number of hydrogen-bond acceptors (Lipinski definition) is 3. The van der Waals surface area contributed by atoms with E-state index < -0.39 is 29.4 Å². The summed E-state index contributed by atoms with van der Waals surface area (Å²) in [5.41, 5.74) is 1.54. The SMILES string of the molecule is CC1=C(C(=O)Nc2cccc(C(F)(F)F)c2)[C@@H](c2ccc(F)cc2)C2=C(CCCC2=O)N1. The van der Waals surface area contributed by atoms with E-state index in [0.717, 1.165) is 17.8 Å². The number of benzene rings is 2. The van der Waals surface area contributed by atoms with E-state index in [2.05, 4.69) is 10.6 Å². The summed E-state index contributed by atoms with van der Waals surface area (Å²) in [4.78, 5) is 26.1. The number of nitrogens with one attached hydrogen (secondary N) is 2. The summed E-state index contributed by atoms with van der Waals surface area (Å²) in [5.74, 6) is -1.94. The van der Waals surface area contributed by atoms with Gasteiger partial charge in [0, 0.05) is 40.6 Å². The molecule has 166 valence electrons. The summed E-state index contributed by atoms with van der Waals surface area (Å²) in [6, 6.07) is 9.88. The average Bonchev–Trinajstić information content (AvgIpc) is 2.73. The number of carbonyl (C=O) groups is 2. The molecule has 2 aromatic carbocycles. The predicted molar refractivity (Wildman–Crippen MR) is 111 cm³/mol. The number of hydrogen-bond donors (Lipinski definition) is 2. The lowest BCUT2D eigenvalue weighted by atomic mass is 9.75. The fraction of sp³-hybridized carbons (Fsp3) is 0.250. The van der Waals surface area contributed by atoms with E-state index in [1.165, 1.54) is 36.4 Å². The maximum Gasteiger partial charge on any atom is 0.416 e. The molecule has 1 atom stereocenters. The first-order valence-electron chi connectivity index (χ1n) is 10.1. The van der Waals surface area contributed by atoms with Crippen LogP contribution < -0.4 is 10.6 Å². The zero-order valence-electron chi connectivity index (χ0n) is 17.1. The predicted octanol–water partition coefficient (Wildman–Crippen LogP) is 5.45. The van der Waals surface area contributed by atoms with Crippen molar-refractivity contribution in [3.05, 3.63) is 88.0 Å². The van der Waals surface area contributed by atoms with Gasteiger partial charge in [-0.15, -0.1) is 0 Å². The smallest absolute Gasteiger partial charge is 0.362 e. The standard InChI is InChI=1S/C24H20F4N2O2/c1-13-20(23(32)30-17-5-2-4-15(12-17)24(26,27)28)21(14-8-10-16(25)11-9-14)22-18(29-13)6-3-7-19(22)31/h2,4-5,8-12,21,29H,3,6-7H2,1H3,(H,30,32)/t21-/m1/s1. The van der Waals surface area contributed by atoms with Gasteiger partial charge in [-0.1, -0.05) is 18.2 Å². The molecule has 0 bridgehead atoms. The molecular formula is C24H20F4N2O2. The number of anilines is 1. The molecule has 0 saturated heterocycles. The normalized spacial score (nSPS) is 18.9. The van der Waals surface area contributed by atoms with Crippen molar-refractivity contribution in [2.45, 2.75) is 38.3 Å². The van der Waals surface area contributed by atoms with Crippen LogP contribution in [-0.4, -0.2) is 11.7 Å². The second-order valence-corrected chi connectivity index (χ2v) is 7.85. The second-order valence-electron chi connectivity index (χ2n) is 7.85. The third kappa shape index (κ3) is 4.17. The number of halogens is 4. The van der Waals surface area contributed by atoms with E-state index in [1.54, 1.807) is 6.92 Å². The van der Waals surface area contributed by atoms with Crippen LogP contribution in [0.4, 0.5) is 23.2 Å². The Balaban J connectivity index is 1.75. The number of dihydropyridines is 1. The van der Waals surface area contributed by atoms with Crippen LogP contribution in [0.5, 0.6) is 0 Å². The summed E-state index contributed by atoms with van der Waals surface area (Å²) in [5, 5.41) is 5.67. The highest BCUT2D eigenvalue weighted by atomic mass is 19.4. The monoisotopic (exact) mass is 444 g/mol. The molecule has 32 heavy (non-hydrogen) atoms. The van der Waals surface area contributed by atoms with Gasteiger partial charge < -0.3 is 10.6 Å². The van der Waals surface area contributed by atoms with Crippen LogP contribution in [0, 0.1) is 5.82 Å². The minimum Gasteiger partial charge on any atom is -0.362 e. The average molecular weight is 444 g/mol. The molecule has 0 saturated carbocycles. The molecule has 0 unspecified atom stereocenters. The maximum atomic E-state index is 13.5. The van der Waals surface area contributed by atoms with Crippen LogP contribution in [0.2, 0.25) is 0 Å². The van der Waals surface area contributed by atoms with Crippen molar-refractivity contribution in [3.8, 4) is 0 Å². The van der Waals surface area contributed by atoms with Crippen molar-refractivity contribution < 1.29 is 27.2 Å². The number of allylic oxidation sites excluding steroid dienone is 3. The quantitative estimate of drug-likeness (QED) is 0.619. The molecule has 8 heteroatoms. The summed E-state index contributed by atoms with van der Waals surface area (Å²) in [6.07, 6.45) is -2.90. The van der Waals surface area contributed by atoms with Crippen molar-refractivity contribution in [1.29, 1.82) is 0 Å². The molecule has 2 N–H and O–H groups in total. The highest BCUT2D eigenvalue weighted by Gasteiger charge is 2.38. The first-order valence-corrected chi connectivity index (χ1v) is 10.1. The lowest BCUT2D eigenvalue weighted by Crippen LogP contribution is -2.35. The maximum absolute atomic E-state index is 13.5. The Morgan fingerprint density at radius 3 is 2.50 bits per heavy atom. The molecule has 1 aliphatic heterocycles. The molecule has 1 aliphatic carbocycles. The highest BCUT2D eigenvalue weighted by molar-refractivity contribution is 6.09. The number of rotatable bonds is 3. The van der Waals surface area contributed by atoms with Gasteiger partial charge in [-0.3, -0.25) is 9.59 Å². The van der Waals surface area contributed by atoms with Gasteiger partial charge in [0.1, 0.15) is 5.82 Å². The number of Topliss-reactive ketones (excluding diaryl/α,β-unsaturated/α-hetero) is 1. The fourth-order valence-corrected chi connectivity index (χ4v) is 4.24. The Kier molecular flexibility index (Phi) is 5.62. The molecule has 0 spiro atoms. The summed E-state index contributed by atoms with van der Waals surface area (Å²) < 4.78 is 52.7. The zero-order valence-corrected chi connectivity index (χ0v) is 17.1. The summed E-state index contributed by atoms with van der Waals surface area (Å²) in [7, 11) is 0. The van der Waals surface area contributed by atoms with E-state index >= 15 is 0 Å². The van der Waals surface area contributed by atoms with Gasteiger partial charge in [0.2, 0.25) is 0 Å². The summed E-state index contributed by atoms with van der Waals surface area (Å²) in [6.45, 7) is 1.68. The minimum atomic E-state index is -4.55. The third-order valence-electron chi connectivity index (χ3n) is 5.67. The highest BCUT2D eigenvalue weighted by Crippen LogP contribution is 2.42. The Morgan fingerprint density at radius 1 is 1.09 bits per heavy atom. The lowest BCUT2D eigenvalue weighted by Gasteiger charge is -2.34. The third-order valence-corrected chi connectivity index (χ3v) is 5.67. The van der Waals surface area contributed by atoms with Crippen LogP contribution in [0.25, 0.3) is 0 Å². The minimum absolute atomic E-state index is 0.0160. The molecule has 1 heterocycles. The Bertz CT molecular complexity index is 1150. The Labute approximate surface area is 182 Å². The first-order chi connectivity index (χ1) is 15.1. The van der Waals surface area contributed by atoms with Crippen LogP contribution in [0.15, 0.2) is 71.1 Å². The molecule has 4 rings (SSSR count). The van der Waals surface area contributed by atoms with Crippen LogP contribution >= 0.6 is 0 Å². The van der Waals surface area contributed by atoms with E-state index in [4.69, 9.17) is 0 Å². The van der Waals surface area contributed by atoms with Gasteiger partial charge in [-0.2, -0.15) is 13.2 Å². The van der Waals surface area contributed by atoms with E-state index in [1.807, 2.05) is 0 Å². The zero-order chi connectivity index (χ0) is 23.0. The molecule has 2 aliphatic rings. The van der Waals surface area contributed by atoms with Gasteiger partial charge in [-0.25, -0.2) is 4.39 Å². The van der Waals surface area contributed by atoms with Crippen LogP contribution in [0.3, 0.4) is 0 Å². The van der Waals surface area contributed by atoms with Gasteiger partial charge in [0.05, 0.1) is 5.56 Å². The van der Waals surface area contributed by atoms with Gasteiger partial charge in [0.15, 0.2) is 5.78 Å². The van der Waals surface area contributed by atoms with E-state index in [9.17, 15) is 27.2 Å². The van der Waals surface area contributed by atoms with Crippen molar-refractivity contribution in [3.63, 3.8) is 0 Å². The number of carbonyl (C=O) groups excluding carboxylic acids is 2. The van der Waals surface area contributed by atoms with Crippen LogP contribution in [-0.2, 0) is 15.8 Å². The van der Waals surface area contributed by atoms with Crippen molar-refractivity contribution in [2.75, 3.05) is 5.32 Å². The van der Waals surface area contributed by atoms with Crippen molar-refractivity contribution in [1.82, 2.24) is 5.32 Å². The van der Waals surface area contributed by atoms with E-state index in [0.29, 0.717) is 36.1 Å². The van der Waals surface area contributed by atoms with Gasteiger partial charge in [0.25, 0.3) is 5.91 Å². The molecule has 1 amide bonds. The van der Waals surface area contributed by atoms with Gasteiger partial charge in [-0.05, 0) is 55.7 Å². The lowest BCUT2D eigenvalue weighted by molar-refractivity contribution is -0.137. The number of ketones is 1. The Morgan fingerprint density at radius 2 is 1.81 bits per heavy atom. The largest absolute Gasteiger partial charge is 0.416 e. The number of amides is 1. The summed E-state index contributed by atoms with van der Waals surface area (Å²) >= 11 is 0. The molecule has 4 nitrogen and oxygen atoms in total. The topological polar surface area (TPSA) is 58.2 Å². The molecule has 2 aromatic rings. The molecule has 0 aromatic heterocycles.